The third-order valence-electron chi connectivity index (χ3n) is 4.25. The summed E-state index contributed by atoms with van der Waals surface area (Å²) in [6, 6.07) is 9.94. The van der Waals surface area contributed by atoms with E-state index in [-0.39, 0.29) is 11.7 Å². The summed E-state index contributed by atoms with van der Waals surface area (Å²) >= 11 is 0. The van der Waals surface area contributed by atoms with E-state index in [1.807, 2.05) is 4.90 Å². The zero-order chi connectivity index (χ0) is 16.9. The quantitative estimate of drug-likeness (QED) is 0.937. The molecule has 1 fully saturated rings. The van der Waals surface area contributed by atoms with Crippen LogP contribution < -0.4 is 5.32 Å². The van der Waals surface area contributed by atoms with E-state index in [4.69, 9.17) is 0 Å². The molecule has 5 nitrogen and oxygen atoms in total. The predicted molar refractivity (Wildman–Crippen MR) is 90.1 cm³/mol. The molecule has 0 spiro atoms. The average Bonchev–Trinajstić information content (AvgIpc) is 2.61. The standard InChI is InChI=1S/C18H21FN4O/c1-13-5-4-10-23(12-13)18(24)16-8-9-17(22-21-16)20-11-14-6-2-3-7-15(14)19/h2-3,6-9,13H,4-5,10-12H2,1H3,(H,20,22). The van der Waals surface area contributed by atoms with Gasteiger partial charge in [-0.3, -0.25) is 4.79 Å². The SMILES string of the molecule is CC1CCCN(C(=O)c2ccc(NCc3ccccc3F)nn2)C1. The molecule has 0 bridgehead atoms. The molecule has 0 saturated carbocycles. The molecule has 126 valence electrons. The van der Waals surface area contributed by atoms with Gasteiger partial charge in [0.25, 0.3) is 5.91 Å². The van der Waals surface area contributed by atoms with Gasteiger partial charge >= 0.3 is 0 Å². The molecule has 1 amide bonds. The number of nitrogens with one attached hydrogen (secondary N) is 1. The van der Waals surface area contributed by atoms with Crippen LogP contribution in [-0.4, -0.2) is 34.1 Å². The third-order valence-corrected chi connectivity index (χ3v) is 4.25. The molecule has 6 heteroatoms. The number of benzene rings is 1. The van der Waals surface area contributed by atoms with Gasteiger partial charge in [-0.15, -0.1) is 10.2 Å². The highest BCUT2D eigenvalue weighted by molar-refractivity contribution is 5.92. The van der Waals surface area contributed by atoms with E-state index in [1.54, 1.807) is 30.3 Å². The molecule has 1 aliphatic rings. The molecule has 24 heavy (non-hydrogen) atoms. The van der Waals surface area contributed by atoms with Crippen LogP contribution in [0, 0.1) is 11.7 Å². The van der Waals surface area contributed by atoms with Crippen molar-refractivity contribution in [2.24, 2.45) is 5.92 Å². The van der Waals surface area contributed by atoms with E-state index < -0.39 is 0 Å². The molecule has 2 heterocycles. The van der Waals surface area contributed by atoms with Crippen molar-refractivity contribution in [2.45, 2.75) is 26.3 Å². The lowest BCUT2D eigenvalue weighted by Crippen LogP contribution is -2.39. The molecular weight excluding hydrogens is 307 g/mol. The Bertz CT molecular complexity index is 704. The first-order valence-corrected chi connectivity index (χ1v) is 8.24. The van der Waals surface area contributed by atoms with E-state index in [9.17, 15) is 9.18 Å². The molecule has 1 aliphatic heterocycles. The van der Waals surface area contributed by atoms with Gasteiger partial charge in [-0.2, -0.15) is 0 Å². The molecule has 1 N–H and O–H groups in total. The van der Waals surface area contributed by atoms with Crippen molar-refractivity contribution in [1.82, 2.24) is 15.1 Å². The van der Waals surface area contributed by atoms with Crippen LogP contribution in [0.2, 0.25) is 0 Å². The summed E-state index contributed by atoms with van der Waals surface area (Å²) in [7, 11) is 0. The minimum Gasteiger partial charge on any atom is -0.364 e. The summed E-state index contributed by atoms with van der Waals surface area (Å²) in [6.07, 6.45) is 2.19. The molecule has 1 atom stereocenters. The molecule has 2 aromatic rings. The van der Waals surface area contributed by atoms with Crippen LogP contribution in [0.4, 0.5) is 10.2 Å². The van der Waals surface area contributed by atoms with Gasteiger partial charge in [0.15, 0.2) is 5.69 Å². The highest BCUT2D eigenvalue weighted by Crippen LogP contribution is 2.17. The first kappa shape index (κ1) is 16.4. The molecule has 1 saturated heterocycles. The first-order chi connectivity index (χ1) is 11.6. The normalized spacial score (nSPS) is 17.6. The Morgan fingerprint density at radius 2 is 2.12 bits per heavy atom. The second-order valence-corrected chi connectivity index (χ2v) is 6.25. The fourth-order valence-corrected chi connectivity index (χ4v) is 2.90. The highest BCUT2D eigenvalue weighted by Gasteiger charge is 2.23. The fourth-order valence-electron chi connectivity index (χ4n) is 2.90. The lowest BCUT2D eigenvalue weighted by molar-refractivity contribution is 0.0676. The maximum Gasteiger partial charge on any atom is 0.274 e. The smallest absolute Gasteiger partial charge is 0.274 e. The van der Waals surface area contributed by atoms with Crippen LogP contribution in [0.15, 0.2) is 36.4 Å². The molecular formula is C18H21FN4O. The molecule has 3 rings (SSSR count). The Morgan fingerprint density at radius 1 is 1.29 bits per heavy atom. The van der Waals surface area contributed by atoms with E-state index in [1.165, 1.54) is 6.07 Å². The van der Waals surface area contributed by atoms with Crippen molar-refractivity contribution >= 4 is 11.7 Å². The minimum absolute atomic E-state index is 0.0743. The Morgan fingerprint density at radius 3 is 2.83 bits per heavy atom. The van der Waals surface area contributed by atoms with Gasteiger partial charge in [-0.25, -0.2) is 4.39 Å². The number of carbonyl (C=O) groups excluding carboxylic acids is 1. The lowest BCUT2D eigenvalue weighted by atomic mass is 10.00. The van der Waals surface area contributed by atoms with Crippen molar-refractivity contribution in [3.63, 3.8) is 0 Å². The molecule has 1 unspecified atom stereocenters. The van der Waals surface area contributed by atoms with Crippen LogP contribution in [0.5, 0.6) is 0 Å². The van der Waals surface area contributed by atoms with Gasteiger partial charge in [-0.05, 0) is 37.0 Å². The van der Waals surface area contributed by atoms with Crippen LogP contribution in [-0.2, 0) is 6.54 Å². The van der Waals surface area contributed by atoms with Gasteiger partial charge in [-0.1, -0.05) is 25.1 Å². The van der Waals surface area contributed by atoms with E-state index in [2.05, 4.69) is 22.4 Å². The van der Waals surface area contributed by atoms with Gasteiger partial charge in [0.1, 0.15) is 11.6 Å². The van der Waals surface area contributed by atoms with Gasteiger partial charge in [0, 0.05) is 25.2 Å². The Hall–Kier alpha value is -2.50. The number of amides is 1. The summed E-state index contributed by atoms with van der Waals surface area (Å²) < 4.78 is 13.6. The molecule has 1 aromatic carbocycles. The number of hydrogen-bond acceptors (Lipinski definition) is 4. The molecule has 0 aliphatic carbocycles. The van der Waals surface area contributed by atoms with Gasteiger partial charge < -0.3 is 10.2 Å². The van der Waals surface area contributed by atoms with Gasteiger partial charge in [0.05, 0.1) is 0 Å². The Labute approximate surface area is 140 Å². The number of anilines is 1. The number of halogens is 1. The zero-order valence-electron chi connectivity index (χ0n) is 13.7. The predicted octanol–water partition coefficient (Wildman–Crippen LogP) is 3.10. The van der Waals surface area contributed by atoms with E-state index in [0.717, 1.165) is 25.9 Å². The summed E-state index contributed by atoms with van der Waals surface area (Å²) in [4.78, 5) is 14.3. The topological polar surface area (TPSA) is 58.1 Å². The number of hydrogen-bond donors (Lipinski definition) is 1. The number of carbonyl (C=O) groups is 1. The Kier molecular flexibility index (Phi) is 5.03. The molecule has 0 radical (unpaired) electrons. The number of piperidine rings is 1. The van der Waals surface area contributed by atoms with Crippen LogP contribution in [0.25, 0.3) is 0 Å². The van der Waals surface area contributed by atoms with Crippen LogP contribution in [0.3, 0.4) is 0 Å². The summed E-state index contributed by atoms with van der Waals surface area (Å²) in [6.45, 7) is 4.02. The largest absolute Gasteiger partial charge is 0.364 e. The third kappa shape index (κ3) is 3.88. The first-order valence-electron chi connectivity index (χ1n) is 8.24. The zero-order valence-corrected chi connectivity index (χ0v) is 13.7. The van der Waals surface area contributed by atoms with Crippen molar-refractivity contribution in [3.8, 4) is 0 Å². The van der Waals surface area contributed by atoms with E-state index >= 15 is 0 Å². The molecule has 1 aromatic heterocycles. The van der Waals surface area contributed by atoms with E-state index in [0.29, 0.717) is 29.5 Å². The summed E-state index contributed by atoms with van der Waals surface area (Å²) in [5.74, 6) is 0.706. The number of rotatable bonds is 4. The van der Waals surface area contributed by atoms with Crippen molar-refractivity contribution in [1.29, 1.82) is 0 Å². The summed E-state index contributed by atoms with van der Waals surface area (Å²) in [5.41, 5.74) is 0.905. The minimum atomic E-state index is -0.260. The number of aromatic nitrogens is 2. The fraction of sp³-hybridized carbons (Fsp3) is 0.389. The second kappa shape index (κ2) is 7.38. The average molecular weight is 328 g/mol. The monoisotopic (exact) mass is 328 g/mol. The van der Waals surface area contributed by atoms with Crippen LogP contribution in [0.1, 0.15) is 35.8 Å². The van der Waals surface area contributed by atoms with Crippen molar-refractivity contribution in [2.75, 3.05) is 18.4 Å². The highest BCUT2D eigenvalue weighted by atomic mass is 19.1. The maximum absolute atomic E-state index is 13.6. The number of nitrogens with zero attached hydrogens (tertiary/aromatic N) is 3. The van der Waals surface area contributed by atoms with Crippen molar-refractivity contribution in [3.05, 3.63) is 53.5 Å². The lowest BCUT2D eigenvalue weighted by Gasteiger charge is -2.30. The number of likely N-dealkylation sites (tertiary alicyclic amines) is 1. The second-order valence-electron chi connectivity index (χ2n) is 6.25. The summed E-state index contributed by atoms with van der Waals surface area (Å²) in [5, 5.41) is 11.1. The van der Waals surface area contributed by atoms with Crippen LogP contribution >= 0.6 is 0 Å². The Balaban J connectivity index is 1.61. The van der Waals surface area contributed by atoms with Crippen molar-refractivity contribution < 1.29 is 9.18 Å². The van der Waals surface area contributed by atoms with Gasteiger partial charge in [0.2, 0.25) is 0 Å². The maximum atomic E-state index is 13.6.